The molecule has 2 heterocycles. The molecule has 9 heteroatoms. The molecule has 2 aromatic carbocycles. The van der Waals surface area contributed by atoms with Crippen molar-refractivity contribution in [1.82, 2.24) is 14.7 Å². The zero-order chi connectivity index (χ0) is 22.1. The first kappa shape index (κ1) is 20.4. The minimum Gasteiger partial charge on any atom is -0.493 e. The van der Waals surface area contributed by atoms with Crippen molar-refractivity contribution in [3.8, 4) is 40.1 Å². The van der Waals surface area contributed by atoms with Crippen LogP contribution in [-0.4, -0.2) is 36.0 Å². The Morgan fingerprint density at radius 1 is 1.06 bits per heavy atom. The van der Waals surface area contributed by atoms with Crippen molar-refractivity contribution in [2.45, 2.75) is 13.5 Å². The van der Waals surface area contributed by atoms with E-state index in [9.17, 15) is 9.18 Å². The first-order valence-electron chi connectivity index (χ1n) is 9.47. The fourth-order valence-corrected chi connectivity index (χ4v) is 3.44. The van der Waals surface area contributed by atoms with E-state index in [0.717, 1.165) is 0 Å². The zero-order valence-corrected chi connectivity index (χ0v) is 17.4. The quantitative estimate of drug-likeness (QED) is 0.463. The standard InChI is InChI=1S/C22H20FN3O5/c1-5-26-11-15(19(27)14-10-13(23)6-7-16(14)26)22-24-21(25-31-22)12-8-17(28-2)20(30-4)18(9-12)29-3/h6-11H,5H2,1-4H3. The molecule has 0 amide bonds. The summed E-state index contributed by atoms with van der Waals surface area (Å²) in [6, 6.07) is 7.47. The second-order valence-electron chi connectivity index (χ2n) is 6.66. The number of aromatic nitrogens is 3. The van der Waals surface area contributed by atoms with Gasteiger partial charge in [0.2, 0.25) is 17.0 Å². The number of rotatable bonds is 6. The summed E-state index contributed by atoms with van der Waals surface area (Å²) in [4.78, 5) is 17.4. The Morgan fingerprint density at radius 3 is 2.39 bits per heavy atom. The lowest BCUT2D eigenvalue weighted by atomic mass is 10.1. The van der Waals surface area contributed by atoms with Crippen LogP contribution >= 0.6 is 0 Å². The van der Waals surface area contributed by atoms with Gasteiger partial charge in [0.05, 0.1) is 26.8 Å². The van der Waals surface area contributed by atoms with Crippen molar-refractivity contribution < 1.29 is 23.1 Å². The Labute approximate surface area is 176 Å². The maximum absolute atomic E-state index is 13.8. The first-order chi connectivity index (χ1) is 15.0. The molecule has 0 fully saturated rings. The van der Waals surface area contributed by atoms with Crippen molar-refractivity contribution in [1.29, 1.82) is 0 Å². The van der Waals surface area contributed by atoms with Crippen LogP contribution in [-0.2, 0) is 6.54 Å². The Bertz CT molecular complexity index is 1300. The molecule has 0 saturated carbocycles. The van der Waals surface area contributed by atoms with Crippen molar-refractivity contribution >= 4 is 10.9 Å². The van der Waals surface area contributed by atoms with E-state index >= 15 is 0 Å². The fourth-order valence-electron chi connectivity index (χ4n) is 3.44. The second kappa shape index (κ2) is 8.10. The molecule has 0 bridgehead atoms. The van der Waals surface area contributed by atoms with Crippen molar-refractivity contribution in [3.05, 3.63) is 52.6 Å². The number of methoxy groups -OCH3 is 3. The van der Waals surface area contributed by atoms with E-state index in [0.29, 0.717) is 34.9 Å². The van der Waals surface area contributed by atoms with Crippen LogP contribution in [0.25, 0.3) is 33.7 Å². The van der Waals surface area contributed by atoms with Crippen LogP contribution in [0.1, 0.15) is 6.92 Å². The molecular weight excluding hydrogens is 405 g/mol. The van der Waals surface area contributed by atoms with Gasteiger partial charge in [0.25, 0.3) is 5.89 Å². The minimum atomic E-state index is -0.493. The van der Waals surface area contributed by atoms with E-state index in [1.807, 2.05) is 11.5 Å². The molecule has 0 N–H and O–H groups in total. The van der Waals surface area contributed by atoms with Crippen molar-refractivity contribution in [3.63, 3.8) is 0 Å². The third-order valence-electron chi connectivity index (χ3n) is 4.96. The molecule has 0 atom stereocenters. The van der Waals surface area contributed by atoms with Gasteiger partial charge in [-0.3, -0.25) is 4.79 Å². The third-order valence-corrected chi connectivity index (χ3v) is 4.96. The maximum Gasteiger partial charge on any atom is 0.263 e. The smallest absolute Gasteiger partial charge is 0.263 e. The summed E-state index contributed by atoms with van der Waals surface area (Å²) in [7, 11) is 4.52. The van der Waals surface area contributed by atoms with Gasteiger partial charge < -0.3 is 23.3 Å². The number of ether oxygens (including phenoxy) is 3. The average molecular weight is 425 g/mol. The van der Waals surface area contributed by atoms with Crippen LogP contribution in [0.15, 0.2) is 45.8 Å². The van der Waals surface area contributed by atoms with Crippen LogP contribution in [0.2, 0.25) is 0 Å². The van der Waals surface area contributed by atoms with E-state index in [1.165, 1.54) is 33.5 Å². The Hall–Kier alpha value is -3.88. The molecule has 0 aliphatic heterocycles. The van der Waals surface area contributed by atoms with Gasteiger partial charge in [-0.05, 0) is 37.3 Å². The lowest BCUT2D eigenvalue weighted by Crippen LogP contribution is -2.12. The Morgan fingerprint density at radius 2 is 1.77 bits per heavy atom. The minimum absolute atomic E-state index is 0.0297. The molecule has 0 aliphatic rings. The van der Waals surface area contributed by atoms with Crippen LogP contribution in [0.5, 0.6) is 17.2 Å². The maximum atomic E-state index is 13.8. The van der Waals surface area contributed by atoms with Crippen LogP contribution in [0.4, 0.5) is 4.39 Å². The van der Waals surface area contributed by atoms with E-state index in [4.69, 9.17) is 18.7 Å². The lowest BCUT2D eigenvalue weighted by Gasteiger charge is -2.12. The van der Waals surface area contributed by atoms with Crippen molar-refractivity contribution in [2.24, 2.45) is 0 Å². The number of fused-ring (bicyclic) bond motifs is 1. The van der Waals surface area contributed by atoms with Gasteiger partial charge in [0.15, 0.2) is 11.5 Å². The van der Waals surface area contributed by atoms with Crippen LogP contribution in [0, 0.1) is 5.82 Å². The molecule has 160 valence electrons. The number of hydrogen-bond donors (Lipinski definition) is 0. The summed E-state index contributed by atoms with van der Waals surface area (Å²) in [6.45, 7) is 2.50. The number of benzene rings is 2. The molecule has 0 aliphatic carbocycles. The summed E-state index contributed by atoms with van der Waals surface area (Å²) in [5.74, 6) is 1.06. The zero-order valence-electron chi connectivity index (χ0n) is 17.4. The van der Waals surface area contributed by atoms with E-state index in [-0.39, 0.29) is 28.1 Å². The summed E-state index contributed by atoms with van der Waals surface area (Å²) in [6.07, 6.45) is 1.63. The SMILES string of the molecule is CCn1cc(-c2nc(-c3cc(OC)c(OC)c(OC)c3)no2)c(=O)c2cc(F)ccc21. The number of nitrogens with zero attached hydrogens (tertiary/aromatic N) is 3. The Balaban J connectivity index is 1.86. The molecule has 4 rings (SSSR count). The van der Waals surface area contributed by atoms with Crippen LogP contribution in [0.3, 0.4) is 0 Å². The molecule has 0 saturated heterocycles. The van der Waals surface area contributed by atoms with Gasteiger partial charge in [0.1, 0.15) is 11.4 Å². The Kier molecular flexibility index (Phi) is 5.33. The van der Waals surface area contributed by atoms with E-state index < -0.39 is 5.82 Å². The normalized spacial score (nSPS) is 11.0. The van der Waals surface area contributed by atoms with E-state index in [1.54, 1.807) is 24.4 Å². The highest BCUT2D eigenvalue weighted by molar-refractivity contribution is 5.83. The third kappa shape index (κ3) is 3.48. The highest BCUT2D eigenvalue weighted by Gasteiger charge is 2.20. The molecule has 2 aromatic heterocycles. The van der Waals surface area contributed by atoms with Gasteiger partial charge in [0, 0.05) is 23.7 Å². The molecular formula is C22H20FN3O5. The monoisotopic (exact) mass is 425 g/mol. The molecule has 31 heavy (non-hydrogen) atoms. The molecule has 0 spiro atoms. The number of aryl methyl sites for hydroxylation is 1. The average Bonchev–Trinajstić information content (AvgIpc) is 3.28. The molecule has 8 nitrogen and oxygen atoms in total. The molecule has 4 aromatic rings. The number of hydrogen-bond acceptors (Lipinski definition) is 7. The van der Waals surface area contributed by atoms with Gasteiger partial charge in [-0.15, -0.1) is 0 Å². The van der Waals surface area contributed by atoms with Gasteiger partial charge in [-0.25, -0.2) is 4.39 Å². The highest BCUT2D eigenvalue weighted by Crippen LogP contribution is 2.40. The summed E-state index contributed by atoms with van der Waals surface area (Å²) in [5.41, 5.74) is 0.972. The predicted octanol–water partition coefficient (Wildman–Crippen LogP) is 3.90. The van der Waals surface area contributed by atoms with Gasteiger partial charge in [-0.1, -0.05) is 5.16 Å². The number of pyridine rings is 1. The topological polar surface area (TPSA) is 88.6 Å². The summed E-state index contributed by atoms with van der Waals surface area (Å²) >= 11 is 0. The van der Waals surface area contributed by atoms with Gasteiger partial charge in [-0.2, -0.15) is 4.98 Å². The van der Waals surface area contributed by atoms with E-state index in [2.05, 4.69) is 10.1 Å². The lowest BCUT2D eigenvalue weighted by molar-refractivity contribution is 0.324. The molecule has 0 unspecified atom stereocenters. The highest BCUT2D eigenvalue weighted by atomic mass is 19.1. The first-order valence-corrected chi connectivity index (χ1v) is 9.47. The van der Waals surface area contributed by atoms with Crippen LogP contribution < -0.4 is 19.6 Å². The van der Waals surface area contributed by atoms with Gasteiger partial charge >= 0.3 is 0 Å². The van der Waals surface area contributed by atoms with Crippen molar-refractivity contribution in [2.75, 3.05) is 21.3 Å². The number of halogens is 1. The molecule has 0 radical (unpaired) electrons. The predicted molar refractivity (Wildman–Crippen MR) is 112 cm³/mol. The summed E-state index contributed by atoms with van der Waals surface area (Å²) in [5, 5.41) is 4.25. The summed E-state index contributed by atoms with van der Waals surface area (Å²) < 4.78 is 37.0. The fraction of sp³-hybridized carbons (Fsp3) is 0.227. The second-order valence-corrected chi connectivity index (χ2v) is 6.66. The largest absolute Gasteiger partial charge is 0.493 e.